The van der Waals surface area contributed by atoms with Crippen molar-refractivity contribution in [2.45, 2.75) is 19.9 Å². The van der Waals surface area contributed by atoms with Gasteiger partial charge in [0.2, 0.25) is 0 Å². The Morgan fingerprint density at radius 2 is 1.88 bits per heavy atom. The van der Waals surface area contributed by atoms with E-state index in [2.05, 4.69) is 10.3 Å². The SMILES string of the molecule is CCc1ccc2[nH]c(C(=O)O)c(CNC(=O)c3ccccc3)c2c1. The van der Waals surface area contributed by atoms with Crippen LogP contribution in [0.25, 0.3) is 10.9 Å². The number of hydrogen-bond donors (Lipinski definition) is 3. The van der Waals surface area contributed by atoms with E-state index in [-0.39, 0.29) is 18.1 Å². The quantitative estimate of drug-likeness (QED) is 0.673. The highest BCUT2D eigenvalue weighted by atomic mass is 16.4. The normalized spacial score (nSPS) is 10.7. The fraction of sp³-hybridized carbons (Fsp3) is 0.158. The maximum atomic E-state index is 12.2. The average Bonchev–Trinajstić information content (AvgIpc) is 2.98. The summed E-state index contributed by atoms with van der Waals surface area (Å²) in [5.74, 6) is -1.26. The van der Waals surface area contributed by atoms with Crippen LogP contribution in [-0.2, 0) is 13.0 Å². The molecule has 1 heterocycles. The Kier molecular flexibility index (Phi) is 4.33. The van der Waals surface area contributed by atoms with Gasteiger partial charge in [0.1, 0.15) is 5.69 Å². The van der Waals surface area contributed by atoms with Crippen molar-refractivity contribution in [2.24, 2.45) is 0 Å². The van der Waals surface area contributed by atoms with Crippen molar-refractivity contribution in [1.82, 2.24) is 10.3 Å². The van der Waals surface area contributed by atoms with Gasteiger partial charge >= 0.3 is 5.97 Å². The highest BCUT2D eigenvalue weighted by molar-refractivity contribution is 5.99. The molecule has 2 aromatic carbocycles. The fourth-order valence-corrected chi connectivity index (χ4v) is 2.74. The zero-order valence-corrected chi connectivity index (χ0v) is 13.3. The van der Waals surface area contributed by atoms with Crippen LogP contribution in [0.4, 0.5) is 0 Å². The third kappa shape index (κ3) is 3.01. The number of hydrogen-bond acceptors (Lipinski definition) is 2. The molecule has 24 heavy (non-hydrogen) atoms. The first kappa shape index (κ1) is 15.8. The zero-order valence-electron chi connectivity index (χ0n) is 13.3. The molecule has 3 N–H and O–H groups in total. The summed E-state index contributed by atoms with van der Waals surface area (Å²) in [5, 5.41) is 13.1. The Hall–Kier alpha value is -3.08. The Labute approximate surface area is 139 Å². The van der Waals surface area contributed by atoms with Gasteiger partial charge in [-0.2, -0.15) is 0 Å². The molecule has 1 aromatic heterocycles. The summed E-state index contributed by atoms with van der Waals surface area (Å²) in [7, 11) is 0. The third-order valence-corrected chi connectivity index (χ3v) is 4.05. The van der Waals surface area contributed by atoms with Crippen molar-refractivity contribution in [3.8, 4) is 0 Å². The number of carboxylic acids is 1. The number of aromatic amines is 1. The summed E-state index contributed by atoms with van der Waals surface area (Å²) in [4.78, 5) is 26.7. The van der Waals surface area contributed by atoms with E-state index in [1.165, 1.54) is 0 Å². The number of aryl methyl sites for hydroxylation is 1. The van der Waals surface area contributed by atoms with Gasteiger partial charge in [0.15, 0.2) is 0 Å². The number of fused-ring (bicyclic) bond motifs is 1. The molecule has 0 saturated heterocycles. The molecule has 0 unspecified atom stereocenters. The van der Waals surface area contributed by atoms with Crippen LogP contribution >= 0.6 is 0 Å². The lowest BCUT2D eigenvalue weighted by Gasteiger charge is -2.06. The van der Waals surface area contributed by atoms with Crippen molar-refractivity contribution < 1.29 is 14.7 Å². The summed E-state index contributed by atoms with van der Waals surface area (Å²) in [6.45, 7) is 2.20. The van der Waals surface area contributed by atoms with Crippen LogP contribution in [0.5, 0.6) is 0 Å². The minimum Gasteiger partial charge on any atom is -0.477 e. The number of nitrogens with one attached hydrogen (secondary N) is 2. The van der Waals surface area contributed by atoms with Crippen LogP contribution in [-0.4, -0.2) is 22.0 Å². The minimum atomic E-state index is -1.03. The lowest BCUT2D eigenvalue weighted by Crippen LogP contribution is -2.23. The molecule has 5 nitrogen and oxygen atoms in total. The molecule has 0 aliphatic rings. The number of carboxylic acid groups (broad SMARTS) is 1. The summed E-state index contributed by atoms with van der Waals surface area (Å²) >= 11 is 0. The Morgan fingerprint density at radius 1 is 1.12 bits per heavy atom. The maximum absolute atomic E-state index is 12.2. The average molecular weight is 322 g/mol. The van der Waals surface area contributed by atoms with Gasteiger partial charge in [0.25, 0.3) is 5.91 Å². The Morgan fingerprint density at radius 3 is 2.54 bits per heavy atom. The van der Waals surface area contributed by atoms with E-state index in [0.717, 1.165) is 22.9 Å². The molecule has 0 aliphatic carbocycles. The minimum absolute atomic E-state index is 0.117. The second kappa shape index (κ2) is 6.58. The number of carbonyl (C=O) groups excluding carboxylic acids is 1. The summed E-state index contributed by atoms with van der Waals surface area (Å²) < 4.78 is 0. The number of H-pyrrole nitrogens is 1. The second-order valence-corrected chi connectivity index (χ2v) is 5.57. The lowest BCUT2D eigenvalue weighted by molar-refractivity contribution is 0.0689. The Bertz CT molecular complexity index is 898. The van der Waals surface area contributed by atoms with Crippen molar-refractivity contribution >= 4 is 22.8 Å². The van der Waals surface area contributed by atoms with E-state index in [4.69, 9.17) is 0 Å². The highest BCUT2D eigenvalue weighted by Crippen LogP contribution is 2.24. The number of carbonyl (C=O) groups is 2. The van der Waals surface area contributed by atoms with Gasteiger partial charge in [-0.15, -0.1) is 0 Å². The highest BCUT2D eigenvalue weighted by Gasteiger charge is 2.18. The van der Waals surface area contributed by atoms with E-state index in [0.29, 0.717) is 11.1 Å². The lowest BCUT2D eigenvalue weighted by atomic mass is 10.1. The van der Waals surface area contributed by atoms with Gasteiger partial charge in [-0.25, -0.2) is 4.79 Å². The largest absolute Gasteiger partial charge is 0.477 e. The fourth-order valence-electron chi connectivity index (χ4n) is 2.74. The van der Waals surface area contributed by atoms with Gasteiger partial charge in [-0.1, -0.05) is 31.2 Å². The number of aromatic carboxylic acids is 1. The van der Waals surface area contributed by atoms with Gasteiger partial charge in [-0.05, 0) is 36.2 Å². The molecule has 1 amide bonds. The van der Waals surface area contributed by atoms with E-state index < -0.39 is 5.97 Å². The molecule has 122 valence electrons. The van der Waals surface area contributed by atoms with Crippen LogP contribution in [0, 0.1) is 0 Å². The molecule has 0 atom stereocenters. The smallest absolute Gasteiger partial charge is 0.352 e. The first-order valence-electron chi connectivity index (χ1n) is 7.80. The molecule has 3 rings (SSSR count). The topological polar surface area (TPSA) is 82.2 Å². The Balaban J connectivity index is 1.93. The number of rotatable bonds is 5. The van der Waals surface area contributed by atoms with E-state index in [9.17, 15) is 14.7 Å². The predicted octanol–water partition coefficient (Wildman–Crippen LogP) is 3.36. The van der Waals surface area contributed by atoms with Gasteiger partial charge in [-0.3, -0.25) is 4.79 Å². The number of amides is 1. The standard InChI is InChI=1S/C19H18N2O3/c1-2-12-8-9-16-14(10-12)15(17(21-16)19(23)24)11-20-18(22)13-6-4-3-5-7-13/h3-10,21H,2,11H2,1H3,(H,20,22)(H,23,24). The summed E-state index contributed by atoms with van der Waals surface area (Å²) in [5.41, 5.74) is 3.13. The summed E-state index contributed by atoms with van der Waals surface area (Å²) in [6, 6.07) is 14.7. The summed E-state index contributed by atoms with van der Waals surface area (Å²) in [6.07, 6.45) is 0.860. The predicted molar refractivity (Wildman–Crippen MR) is 92.2 cm³/mol. The van der Waals surface area contributed by atoms with E-state index in [1.54, 1.807) is 24.3 Å². The maximum Gasteiger partial charge on any atom is 0.352 e. The molecule has 3 aromatic rings. The molecule has 0 bridgehead atoms. The molecule has 0 aliphatic heterocycles. The van der Waals surface area contributed by atoms with E-state index in [1.807, 2.05) is 31.2 Å². The first-order valence-corrected chi connectivity index (χ1v) is 7.80. The molecule has 0 radical (unpaired) electrons. The molecule has 0 fully saturated rings. The third-order valence-electron chi connectivity index (χ3n) is 4.05. The van der Waals surface area contributed by atoms with Gasteiger partial charge < -0.3 is 15.4 Å². The van der Waals surface area contributed by atoms with Crippen LogP contribution in [0.1, 0.15) is 38.9 Å². The van der Waals surface area contributed by atoms with Crippen LogP contribution in [0.3, 0.4) is 0 Å². The molecule has 0 saturated carbocycles. The second-order valence-electron chi connectivity index (χ2n) is 5.57. The van der Waals surface area contributed by atoms with E-state index >= 15 is 0 Å². The molecular formula is C19H18N2O3. The molecule has 5 heteroatoms. The van der Waals surface area contributed by atoms with Crippen LogP contribution in [0.15, 0.2) is 48.5 Å². The van der Waals surface area contributed by atoms with Crippen molar-refractivity contribution in [2.75, 3.05) is 0 Å². The number of aromatic nitrogens is 1. The van der Waals surface area contributed by atoms with Crippen molar-refractivity contribution in [3.63, 3.8) is 0 Å². The van der Waals surface area contributed by atoms with Gasteiger partial charge in [0, 0.05) is 28.6 Å². The monoisotopic (exact) mass is 322 g/mol. The molecule has 0 spiro atoms. The van der Waals surface area contributed by atoms with Gasteiger partial charge in [0.05, 0.1) is 0 Å². The first-order chi connectivity index (χ1) is 11.6. The van der Waals surface area contributed by atoms with Crippen LogP contribution < -0.4 is 5.32 Å². The number of benzene rings is 2. The zero-order chi connectivity index (χ0) is 17.1. The van der Waals surface area contributed by atoms with Crippen LogP contribution in [0.2, 0.25) is 0 Å². The molecular weight excluding hydrogens is 304 g/mol. The van der Waals surface area contributed by atoms with Crippen molar-refractivity contribution in [1.29, 1.82) is 0 Å². The van der Waals surface area contributed by atoms with Crippen molar-refractivity contribution in [3.05, 3.63) is 70.9 Å².